The van der Waals surface area contributed by atoms with Crippen molar-refractivity contribution in [3.8, 4) is 0 Å². The van der Waals surface area contributed by atoms with Gasteiger partial charge in [-0.15, -0.1) is 0 Å². The van der Waals surface area contributed by atoms with E-state index >= 15 is 0 Å². The van der Waals surface area contributed by atoms with Crippen molar-refractivity contribution >= 4 is 18.3 Å². The van der Waals surface area contributed by atoms with Crippen LogP contribution in [0.4, 0.5) is 0 Å². The van der Waals surface area contributed by atoms with E-state index < -0.39 is 0 Å². The van der Waals surface area contributed by atoms with Gasteiger partial charge in [0.25, 0.3) is 12.4 Å². The molecule has 2 aliphatic heterocycles. The van der Waals surface area contributed by atoms with Crippen LogP contribution >= 0.6 is 0 Å². The molecule has 0 spiro atoms. The molecule has 0 bridgehead atoms. The number of carbonyl (C=O) groups is 3. The van der Waals surface area contributed by atoms with Crippen LogP contribution in [0.3, 0.4) is 0 Å². The standard InChI is InChI=1S/C17H27N5O3.CH2O2/c1-12-18-11-15(20-12)17(24)19-10-14-4-3-13(21(14)2)9-16(23)22-5-7-25-8-6-22;2-1-3/h11,13-14H,3-10H2,1-2H3,(H,18,20)(H,19,24);1H,(H,2,3)/t13-,14+;/m1./s1. The SMILES string of the molecule is Cc1ncc(C(=O)NC[C@@H]2CC[C@H](CC(=O)N3CCOCC3)N2C)[nH]1.O=CO. The van der Waals surface area contributed by atoms with Crippen LogP contribution in [0.25, 0.3) is 0 Å². The molecule has 156 valence electrons. The van der Waals surface area contributed by atoms with Gasteiger partial charge in [-0.1, -0.05) is 0 Å². The Hall–Kier alpha value is -2.46. The summed E-state index contributed by atoms with van der Waals surface area (Å²) in [6.45, 7) is 4.80. The quantitative estimate of drug-likeness (QED) is 0.592. The van der Waals surface area contributed by atoms with Gasteiger partial charge in [-0.05, 0) is 26.8 Å². The van der Waals surface area contributed by atoms with E-state index in [1.807, 2.05) is 18.9 Å². The molecule has 1 aromatic rings. The Labute approximate surface area is 164 Å². The third-order valence-electron chi connectivity index (χ3n) is 5.20. The van der Waals surface area contributed by atoms with Gasteiger partial charge in [0.2, 0.25) is 5.91 Å². The average Bonchev–Trinajstić information content (AvgIpc) is 3.28. The largest absolute Gasteiger partial charge is 0.483 e. The second kappa shape index (κ2) is 10.8. The highest BCUT2D eigenvalue weighted by Crippen LogP contribution is 2.25. The van der Waals surface area contributed by atoms with E-state index in [2.05, 4.69) is 20.2 Å². The fraction of sp³-hybridized carbons (Fsp3) is 0.667. The lowest BCUT2D eigenvalue weighted by atomic mass is 10.1. The van der Waals surface area contributed by atoms with E-state index in [0.717, 1.165) is 18.7 Å². The Morgan fingerprint density at radius 2 is 2.00 bits per heavy atom. The molecule has 0 saturated carbocycles. The number of hydrogen-bond donors (Lipinski definition) is 3. The van der Waals surface area contributed by atoms with Crippen LogP contribution in [-0.2, 0) is 14.3 Å². The predicted octanol–water partition coefficient (Wildman–Crippen LogP) is -0.140. The molecule has 3 N–H and O–H groups in total. The van der Waals surface area contributed by atoms with Gasteiger partial charge in [0, 0.05) is 38.1 Å². The zero-order chi connectivity index (χ0) is 20.5. The number of ether oxygens (including phenoxy) is 1. The molecule has 2 atom stereocenters. The number of nitrogens with one attached hydrogen (secondary N) is 2. The Morgan fingerprint density at radius 3 is 2.61 bits per heavy atom. The number of aryl methyl sites for hydroxylation is 1. The third-order valence-corrected chi connectivity index (χ3v) is 5.20. The molecule has 1 aromatic heterocycles. The third kappa shape index (κ3) is 6.03. The zero-order valence-electron chi connectivity index (χ0n) is 16.4. The number of amides is 2. The van der Waals surface area contributed by atoms with Crippen molar-refractivity contribution in [3.63, 3.8) is 0 Å². The predicted molar refractivity (Wildman–Crippen MR) is 101 cm³/mol. The lowest BCUT2D eigenvalue weighted by Crippen LogP contribution is -2.45. The Kier molecular flexibility index (Phi) is 8.40. The minimum absolute atomic E-state index is 0.137. The summed E-state index contributed by atoms with van der Waals surface area (Å²) < 4.78 is 5.30. The number of hydrogen-bond acceptors (Lipinski definition) is 6. The molecule has 2 saturated heterocycles. The smallest absolute Gasteiger partial charge is 0.290 e. The summed E-state index contributed by atoms with van der Waals surface area (Å²) >= 11 is 0. The highest BCUT2D eigenvalue weighted by molar-refractivity contribution is 5.92. The summed E-state index contributed by atoms with van der Waals surface area (Å²) in [5, 5.41) is 9.85. The van der Waals surface area contributed by atoms with Crippen LogP contribution < -0.4 is 5.32 Å². The first kappa shape index (κ1) is 21.8. The Bertz CT molecular complexity index is 659. The molecular weight excluding hydrogens is 366 g/mol. The van der Waals surface area contributed by atoms with Crippen molar-refractivity contribution in [2.45, 2.75) is 38.3 Å². The van der Waals surface area contributed by atoms with Crippen molar-refractivity contribution in [1.82, 2.24) is 25.1 Å². The number of carbonyl (C=O) groups excluding carboxylic acids is 2. The molecule has 3 rings (SSSR count). The molecule has 3 heterocycles. The number of aromatic nitrogens is 2. The van der Waals surface area contributed by atoms with Crippen LogP contribution in [0.1, 0.15) is 35.6 Å². The van der Waals surface area contributed by atoms with Gasteiger partial charge in [0.1, 0.15) is 11.5 Å². The van der Waals surface area contributed by atoms with Crippen molar-refractivity contribution in [1.29, 1.82) is 0 Å². The normalized spacial score (nSPS) is 22.3. The summed E-state index contributed by atoms with van der Waals surface area (Å²) in [6.07, 6.45) is 4.06. The number of nitrogens with zero attached hydrogens (tertiary/aromatic N) is 3. The fourth-order valence-electron chi connectivity index (χ4n) is 3.57. The van der Waals surface area contributed by atoms with Gasteiger partial charge >= 0.3 is 0 Å². The van der Waals surface area contributed by atoms with Gasteiger partial charge in [-0.25, -0.2) is 4.98 Å². The second-order valence-electron chi connectivity index (χ2n) is 6.95. The Morgan fingerprint density at radius 1 is 1.36 bits per heavy atom. The number of aromatic amines is 1. The summed E-state index contributed by atoms with van der Waals surface area (Å²) in [4.78, 5) is 44.0. The number of likely N-dealkylation sites (N-methyl/N-ethyl adjacent to an activating group) is 1. The molecule has 2 aliphatic rings. The zero-order valence-corrected chi connectivity index (χ0v) is 16.4. The molecule has 10 heteroatoms. The van der Waals surface area contributed by atoms with Crippen LogP contribution in [0, 0.1) is 6.92 Å². The van der Waals surface area contributed by atoms with Crippen molar-refractivity contribution < 1.29 is 24.2 Å². The summed E-state index contributed by atoms with van der Waals surface area (Å²) in [5.74, 6) is 0.796. The number of H-pyrrole nitrogens is 1. The molecule has 0 aliphatic carbocycles. The maximum absolute atomic E-state index is 12.4. The lowest BCUT2D eigenvalue weighted by Gasteiger charge is -2.30. The highest BCUT2D eigenvalue weighted by atomic mass is 16.5. The average molecular weight is 395 g/mol. The maximum Gasteiger partial charge on any atom is 0.290 e. The summed E-state index contributed by atoms with van der Waals surface area (Å²) in [6, 6.07) is 0.502. The van der Waals surface area contributed by atoms with Crippen LogP contribution in [0.5, 0.6) is 0 Å². The summed E-state index contributed by atoms with van der Waals surface area (Å²) in [5.41, 5.74) is 0.484. The van der Waals surface area contributed by atoms with Gasteiger partial charge in [0.15, 0.2) is 0 Å². The van der Waals surface area contributed by atoms with E-state index in [4.69, 9.17) is 14.6 Å². The van der Waals surface area contributed by atoms with E-state index in [0.29, 0.717) is 45.0 Å². The van der Waals surface area contributed by atoms with Gasteiger partial charge in [0.05, 0.1) is 19.4 Å². The van der Waals surface area contributed by atoms with E-state index in [-0.39, 0.29) is 30.4 Å². The minimum Gasteiger partial charge on any atom is -0.483 e. The van der Waals surface area contributed by atoms with E-state index in [1.54, 1.807) is 6.20 Å². The van der Waals surface area contributed by atoms with Crippen molar-refractivity contribution in [3.05, 3.63) is 17.7 Å². The second-order valence-corrected chi connectivity index (χ2v) is 6.95. The fourth-order valence-corrected chi connectivity index (χ4v) is 3.57. The van der Waals surface area contributed by atoms with Crippen molar-refractivity contribution in [2.24, 2.45) is 0 Å². The minimum atomic E-state index is -0.250. The topological polar surface area (TPSA) is 128 Å². The Balaban J connectivity index is 0.000000878. The first-order valence-corrected chi connectivity index (χ1v) is 9.41. The molecule has 28 heavy (non-hydrogen) atoms. The van der Waals surface area contributed by atoms with Gasteiger partial charge < -0.3 is 25.0 Å². The molecular formula is C18H29N5O5. The van der Waals surface area contributed by atoms with Crippen LogP contribution in [0.2, 0.25) is 0 Å². The van der Waals surface area contributed by atoms with Gasteiger partial charge in [-0.3, -0.25) is 19.3 Å². The monoisotopic (exact) mass is 395 g/mol. The molecule has 2 fully saturated rings. The highest BCUT2D eigenvalue weighted by Gasteiger charge is 2.33. The molecule has 0 aromatic carbocycles. The van der Waals surface area contributed by atoms with E-state index in [9.17, 15) is 9.59 Å². The van der Waals surface area contributed by atoms with Crippen molar-refractivity contribution in [2.75, 3.05) is 39.9 Å². The first-order chi connectivity index (χ1) is 13.5. The van der Waals surface area contributed by atoms with Crippen LogP contribution in [-0.4, -0.2) is 95.1 Å². The molecule has 10 nitrogen and oxygen atoms in total. The summed E-state index contributed by atoms with van der Waals surface area (Å²) in [7, 11) is 2.04. The first-order valence-electron chi connectivity index (χ1n) is 9.41. The molecule has 2 amide bonds. The number of carboxylic acid groups (broad SMARTS) is 1. The number of likely N-dealkylation sites (tertiary alicyclic amines) is 1. The van der Waals surface area contributed by atoms with Gasteiger partial charge in [-0.2, -0.15) is 0 Å². The number of imidazole rings is 1. The lowest BCUT2D eigenvalue weighted by molar-refractivity contribution is -0.136. The number of morpholine rings is 1. The maximum atomic E-state index is 12.4. The van der Waals surface area contributed by atoms with E-state index in [1.165, 1.54) is 0 Å². The van der Waals surface area contributed by atoms with Crippen LogP contribution in [0.15, 0.2) is 6.20 Å². The number of rotatable bonds is 5. The molecule has 0 unspecified atom stereocenters. The molecule has 0 radical (unpaired) electrons.